The highest BCUT2D eigenvalue weighted by molar-refractivity contribution is 7.86. The second-order valence-corrected chi connectivity index (χ2v) is 24.1. The van der Waals surface area contributed by atoms with Crippen LogP contribution in [-0.2, 0) is 60.0 Å². The molecule has 2 aliphatic rings. The first-order valence-electron chi connectivity index (χ1n) is 26.3. The van der Waals surface area contributed by atoms with Crippen molar-refractivity contribution in [2.75, 3.05) is 29.9 Å². The number of allylic oxidation sites excluding steroid dienone is 9. The Morgan fingerprint density at radius 3 is 2.31 bits per heavy atom. The van der Waals surface area contributed by atoms with E-state index in [1.807, 2.05) is 114 Å². The van der Waals surface area contributed by atoms with E-state index in [2.05, 4.69) is 45.3 Å². The van der Waals surface area contributed by atoms with Crippen molar-refractivity contribution >= 4 is 43.6 Å². The van der Waals surface area contributed by atoms with Gasteiger partial charge in [0.2, 0.25) is 5.91 Å². The Bertz CT molecular complexity index is 3410. The van der Waals surface area contributed by atoms with Crippen LogP contribution >= 0.6 is 0 Å². The van der Waals surface area contributed by atoms with Gasteiger partial charge in [-0.3, -0.25) is 18.7 Å². The molecule has 1 aliphatic carbocycles. The smallest absolute Gasteiger partial charge is 0.303 e. The van der Waals surface area contributed by atoms with Crippen molar-refractivity contribution < 1.29 is 45.4 Å². The first-order chi connectivity index (χ1) is 36.9. The number of pyridine rings is 1. The number of hydrogen-bond acceptors (Lipinski definition) is 10. The molecule has 14 nitrogen and oxygen atoms in total. The van der Waals surface area contributed by atoms with Crippen molar-refractivity contribution in [2.24, 2.45) is 0 Å². The molecule has 7 rings (SSSR count). The predicted octanol–water partition coefficient (Wildman–Crippen LogP) is 11.8. The normalized spacial score (nSPS) is 15.8. The van der Waals surface area contributed by atoms with Gasteiger partial charge < -0.3 is 25.4 Å². The fourth-order valence-electron chi connectivity index (χ4n) is 10.4. The van der Waals surface area contributed by atoms with Crippen molar-refractivity contribution in [2.45, 2.75) is 126 Å². The van der Waals surface area contributed by atoms with E-state index in [1.54, 1.807) is 18.3 Å². The van der Waals surface area contributed by atoms with Gasteiger partial charge in [-0.2, -0.15) is 16.8 Å². The molecule has 5 N–H and O–H groups in total. The van der Waals surface area contributed by atoms with E-state index in [9.17, 15) is 40.6 Å². The van der Waals surface area contributed by atoms with E-state index in [1.165, 1.54) is 24.3 Å². The zero-order chi connectivity index (χ0) is 56.4. The lowest BCUT2D eigenvalue weighted by Crippen LogP contribution is -2.27. The van der Waals surface area contributed by atoms with Crippen molar-refractivity contribution in [3.05, 3.63) is 202 Å². The van der Waals surface area contributed by atoms with Crippen LogP contribution in [0.4, 0.5) is 11.5 Å². The van der Waals surface area contributed by atoms with E-state index >= 15 is 0 Å². The third-order valence-electron chi connectivity index (χ3n) is 14.8. The number of nitrogens with zero attached hydrogens (tertiary/aromatic N) is 2. The van der Waals surface area contributed by atoms with Crippen molar-refractivity contribution in [1.29, 1.82) is 0 Å². The molecule has 1 amide bonds. The van der Waals surface area contributed by atoms with Crippen LogP contribution in [0.5, 0.6) is 5.75 Å². The largest absolute Gasteiger partial charge is 0.494 e. The number of benzene rings is 4. The number of carbonyl (C=O) groups excluding carboxylic acids is 1. The van der Waals surface area contributed by atoms with E-state index in [-0.39, 0.29) is 28.0 Å². The Morgan fingerprint density at radius 2 is 1.56 bits per heavy atom. The van der Waals surface area contributed by atoms with Crippen LogP contribution < -0.4 is 20.3 Å². The third kappa shape index (κ3) is 14.9. The van der Waals surface area contributed by atoms with Crippen molar-refractivity contribution in [1.82, 2.24) is 10.3 Å². The van der Waals surface area contributed by atoms with Gasteiger partial charge in [-0.15, -0.1) is 0 Å². The molecule has 1 aliphatic heterocycles. The highest BCUT2D eigenvalue weighted by atomic mass is 32.2. The molecule has 0 radical (unpaired) electrons. The summed E-state index contributed by atoms with van der Waals surface area (Å²) in [6.07, 6.45) is 19.5. The topological polar surface area (TPSA) is 213 Å². The summed E-state index contributed by atoms with van der Waals surface area (Å²) >= 11 is 0. The zero-order valence-electron chi connectivity index (χ0n) is 45.4. The molecule has 1 aromatic heterocycles. The molecule has 1 unspecified atom stereocenters. The molecule has 2 heterocycles. The molecule has 412 valence electrons. The second kappa shape index (κ2) is 25.1. The number of ether oxygens (including phenoxy) is 1. The first-order valence-corrected chi connectivity index (χ1v) is 29.2. The van der Waals surface area contributed by atoms with Crippen LogP contribution in [0.1, 0.15) is 122 Å². The number of hydrogen-bond donors (Lipinski definition) is 5. The Balaban J connectivity index is 0.938. The van der Waals surface area contributed by atoms with Gasteiger partial charge in [-0.05, 0) is 168 Å². The average molecular weight is 1100 g/mol. The van der Waals surface area contributed by atoms with Gasteiger partial charge in [0.25, 0.3) is 20.2 Å². The molecule has 16 heteroatoms. The molecule has 0 bridgehead atoms. The molecule has 5 aromatic rings. The first kappa shape index (κ1) is 58.6. The zero-order valence-corrected chi connectivity index (χ0v) is 47.0. The Kier molecular flexibility index (Phi) is 18.9. The molecular formula is C62H72N4O10S2. The number of rotatable bonds is 24. The fourth-order valence-corrected chi connectivity index (χ4v) is 11.4. The van der Waals surface area contributed by atoms with Crippen LogP contribution in [0.3, 0.4) is 0 Å². The molecule has 1 atom stereocenters. The quantitative estimate of drug-likeness (QED) is 0.0221. The lowest BCUT2D eigenvalue weighted by atomic mass is 9.76. The van der Waals surface area contributed by atoms with E-state index in [4.69, 9.17) is 4.74 Å². The molecular weight excluding hydrogens is 1020 g/mol. The van der Waals surface area contributed by atoms with Crippen molar-refractivity contribution in [3.8, 4) is 5.75 Å². The Morgan fingerprint density at radius 1 is 0.833 bits per heavy atom. The molecule has 0 fully saturated rings. The van der Waals surface area contributed by atoms with Gasteiger partial charge in [-0.25, -0.2) is 4.98 Å². The summed E-state index contributed by atoms with van der Waals surface area (Å²) in [6, 6.07) is 25.3. The molecule has 78 heavy (non-hydrogen) atoms. The number of carboxylic acids is 1. The summed E-state index contributed by atoms with van der Waals surface area (Å²) < 4.78 is 73.8. The van der Waals surface area contributed by atoms with Gasteiger partial charge in [0.15, 0.2) is 0 Å². The monoisotopic (exact) mass is 1100 g/mol. The maximum Gasteiger partial charge on any atom is 0.303 e. The summed E-state index contributed by atoms with van der Waals surface area (Å²) in [5.74, 6) is 0.482. The number of amides is 1. The Hall–Kier alpha value is -7.11. The minimum Gasteiger partial charge on any atom is -0.494 e. The fraction of sp³-hybridized carbons (Fsp3) is 0.339. The second-order valence-electron chi connectivity index (χ2n) is 21.3. The highest BCUT2D eigenvalue weighted by Gasteiger charge is 2.40. The SMILES string of the molecule is C=C(/C=C/C=C/C=C/C=C1/N(CCCCCC(=O)NCc2ccc3c(c2)Cc2cc(OCCCNc4cc(C)ccn4)ccc2CC3CC(=O)O)c2ccc(S(=O)(=O)O)cc2C1(C)C)C(C)(C)c1cc(S(=O)(=O)O)ccc1C. The van der Waals surface area contributed by atoms with Crippen LogP contribution in [-0.4, -0.2) is 67.6 Å². The molecule has 0 saturated carbocycles. The highest BCUT2D eigenvalue weighted by Crippen LogP contribution is 2.49. The third-order valence-corrected chi connectivity index (χ3v) is 16.5. The minimum atomic E-state index is -4.44. The number of nitrogens with one attached hydrogen (secondary N) is 2. The average Bonchev–Trinajstić information content (AvgIpc) is 3.77. The summed E-state index contributed by atoms with van der Waals surface area (Å²) in [5, 5.41) is 16.3. The van der Waals surface area contributed by atoms with Crippen LogP contribution in [0.2, 0.25) is 0 Å². The maximum atomic E-state index is 13.2. The number of aromatic nitrogens is 1. The number of fused-ring (bicyclic) bond motifs is 3. The summed E-state index contributed by atoms with van der Waals surface area (Å²) in [5.41, 5.74) is 9.92. The number of carbonyl (C=O) groups is 2. The number of unbranched alkanes of at least 4 members (excludes halogenated alkanes) is 2. The summed E-state index contributed by atoms with van der Waals surface area (Å²) in [7, 11) is -8.82. The summed E-state index contributed by atoms with van der Waals surface area (Å²) in [4.78, 5) is 31.5. The van der Waals surface area contributed by atoms with E-state index < -0.39 is 37.0 Å². The number of carboxylic acid groups (broad SMARTS) is 1. The van der Waals surface area contributed by atoms with Gasteiger partial charge in [0.1, 0.15) is 11.6 Å². The van der Waals surface area contributed by atoms with Crippen LogP contribution in [0, 0.1) is 13.8 Å². The van der Waals surface area contributed by atoms with E-state index in [0.717, 1.165) is 104 Å². The molecule has 4 aromatic carbocycles. The van der Waals surface area contributed by atoms with Crippen LogP contribution in [0.25, 0.3) is 0 Å². The predicted molar refractivity (Wildman–Crippen MR) is 308 cm³/mol. The van der Waals surface area contributed by atoms with Gasteiger partial charge in [-0.1, -0.05) is 107 Å². The lowest BCUT2D eigenvalue weighted by Gasteiger charge is -2.28. The van der Waals surface area contributed by atoms with Gasteiger partial charge in [0, 0.05) is 54.5 Å². The Labute approximate surface area is 460 Å². The number of anilines is 2. The standard InChI is InChI=1S/C62H72N4O10S2/c1-42-28-30-64-58(33-42)63-29-16-32-76-50-23-22-46-35-49(38-60(68)69)53-26-21-45(34-48(53)36-47(46)37-50)41-65-59(67)19-14-11-15-31-66-56-27-25-52(78(73,74)75)40-55(56)62(6,7)57(66)18-13-10-8-9-12-17-44(3)61(4,5)54-39-51(77(70,71)72)24-20-43(54)2/h8-10,12-13,17-18,20-28,30,33-34,37,39-40,49H,3,11,14-16,19,29,31-32,35-36,38,41H2,1-2,4-7H3,(H,63,64)(H,65,67)(H,68,69)(H,70,71,72)(H,73,74,75)/b9-8+,13-10+,17-12+,57-18+. The summed E-state index contributed by atoms with van der Waals surface area (Å²) in [6.45, 7) is 18.2. The van der Waals surface area contributed by atoms with E-state index in [0.29, 0.717) is 45.4 Å². The molecule has 0 saturated heterocycles. The van der Waals surface area contributed by atoms with Crippen molar-refractivity contribution in [3.63, 3.8) is 0 Å². The molecule has 0 spiro atoms. The number of aryl methyl sites for hydroxylation is 2. The maximum absolute atomic E-state index is 13.2. The van der Waals surface area contributed by atoms with Gasteiger partial charge >= 0.3 is 5.97 Å². The van der Waals surface area contributed by atoms with Crippen LogP contribution in [0.15, 0.2) is 161 Å². The lowest BCUT2D eigenvalue weighted by molar-refractivity contribution is -0.137. The number of aliphatic carboxylic acids is 1. The van der Waals surface area contributed by atoms with Gasteiger partial charge in [0.05, 0.1) is 22.8 Å². The minimum absolute atomic E-state index is 0.00902.